The molecule has 0 aliphatic carbocycles. The number of halogens is 3. The van der Waals surface area contributed by atoms with Crippen LogP contribution >= 0.6 is 11.6 Å². The van der Waals surface area contributed by atoms with Gasteiger partial charge >= 0.3 is 0 Å². The molecule has 0 saturated heterocycles. The number of aromatic nitrogens is 3. The fraction of sp³-hybridized carbons (Fsp3) is 0.0667. The molecular weight excluding hydrogens is 338 g/mol. The number of amidine groups is 2. The Morgan fingerprint density at radius 3 is 2.92 bits per heavy atom. The Hall–Kier alpha value is -2.87. The second-order valence-corrected chi connectivity index (χ2v) is 5.29. The number of aliphatic imine (C=N–C) groups is 1. The minimum absolute atomic E-state index is 0.00526. The van der Waals surface area contributed by atoms with Gasteiger partial charge < -0.3 is 10.1 Å². The van der Waals surface area contributed by atoms with Crippen LogP contribution in [0.1, 0.15) is 17.0 Å². The summed E-state index contributed by atoms with van der Waals surface area (Å²) in [6.07, 6.45) is 4.72. The quantitative estimate of drug-likeness (QED) is 0.432. The summed E-state index contributed by atoms with van der Waals surface area (Å²) in [7, 11) is 0. The van der Waals surface area contributed by atoms with Crippen molar-refractivity contribution in [1.29, 1.82) is 5.41 Å². The van der Waals surface area contributed by atoms with E-state index in [0.29, 0.717) is 11.3 Å². The van der Waals surface area contributed by atoms with E-state index in [1.807, 2.05) is 0 Å². The number of nitrogens with two attached hydrogens (primary N) is 1. The summed E-state index contributed by atoms with van der Waals surface area (Å²) >= 11 is 5.48. The molecule has 0 unspecified atom stereocenters. The van der Waals surface area contributed by atoms with E-state index >= 15 is 0 Å². The van der Waals surface area contributed by atoms with Gasteiger partial charge in [0.25, 0.3) is 0 Å². The number of imidazole rings is 1. The van der Waals surface area contributed by atoms with E-state index in [0.717, 1.165) is 6.07 Å². The third-order valence-electron chi connectivity index (χ3n) is 3.29. The first-order valence-corrected chi connectivity index (χ1v) is 7.17. The van der Waals surface area contributed by atoms with Crippen LogP contribution < -0.4 is 5.73 Å². The number of nitrogens with one attached hydrogen (secondary N) is 1. The summed E-state index contributed by atoms with van der Waals surface area (Å²) in [5.41, 5.74) is 6.41. The van der Waals surface area contributed by atoms with Crippen LogP contribution in [0.3, 0.4) is 0 Å². The smallest absolute Gasteiger partial charge is 0.195 e. The molecule has 24 heavy (non-hydrogen) atoms. The summed E-state index contributed by atoms with van der Waals surface area (Å²) in [6.45, 7) is 0. The van der Waals surface area contributed by atoms with Crippen LogP contribution in [0.4, 0.5) is 8.78 Å². The van der Waals surface area contributed by atoms with Crippen molar-refractivity contribution in [1.82, 2.24) is 14.4 Å². The molecule has 0 radical (unpaired) electrons. The monoisotopic (exact) mass is 348 g/mol. The molecular formula is C15H11ClF2N6. The highest BCUT2D eigenvalue weighted by Crippen LogP contribution is 2.18. The molecule has 2 aromatic heterocycles. The van der Waals surface area contributed by atoms with Gasteiger partial charge in [-0.2, -0.15) is 4.99 Å². The lowest BCUT2D eigenvalue weighted by molar-refractivity contribution is 0.500. The highest BCUT2D eigenvalue weighted by atomic mass is 35.5. The number of rotatable bonds is 3. The summed E-state index contributed by atoms with van der Waals surface area (Å²) < 4.78 is 28.9. The van der Waals surface area contributed by atoms with Crippen molar-refractivity contribution < 1.29 is 8.78 Å². The van der Waals surface area contributed by atoms with Crippen molar-refractivity contribution in [2.45, 2.75) is 6.42 Å². The molecule has 0 aliphatic heterocycles. The highest BCUT2D eigenvalue weighted by molar-refractivity contribution is 6.65. The number of hydrogen-bond donors (Lipinski definition) is 2. The summed E-state index contributed by atoms with van der Waals surface area (Å²) in [4.78, 5) is 12.1. The molecule has 6 nitrogen and oxygen atoms in total. The maximum Gasteiger partial charge on any atom is 0.195 e. The third kappa shape index (κ3) is 3.09. The molecule has 0 saturated carbocycles. The Balaban J connectivity index is 2.09. The van der Waals surface area contributed by atoms with Crippen molar-refractivity contribution in [3.8, 4) is 0 Å². The molecule has 0 spiro atoms. The first-order chi connectivity index (χ1) is 11.5. The number of benzene rings is 1. The molecule has 2 heterocycles. The molecule has 9 heteroatoms. The Morgan fingerprint density at radius 2 is 2.17 bits per heavy atom. The van der Waals surface area contributed by atoms with E-state index in [4.69, 9.17) is 22.7 Å². The van der Waals surface area contributed by atoms with Crippen molar-refractivity contribution in [2.75, 3.05) is 0 Å². The average Bonchev–Trinajstić information content (AvgIpc) is 2.99. The molecule has 0 aliphatic rings. The van der Waals surface area contributed by atoms with E-state index < -0.39 is 11.6 Å². The van der Waals surface area contributed by atoms with Crippen LogP contribution in [-0.4, -0.2) is 25.5 Å². The minimum Gasteiger partial charge on any atom is -0.374 e. The lowest BCUT2D eigenvalue weighted by atomic mass is 10.1. The van der Waals surface area contributed by atoms with E-state index in [-0.39, 0.29) is 28.8 Å². The average molecular weight is 349 g/mol. The molecule has 0 bridgehead atoms. The van der Waals surface area contributed by atoms with E-state index in [1.165, 1.54) is 24.5 Å². The molecule has 122 valence electrons. The van der Waals surface area contributed by atoms with Crippen LogP contribution in [0, 0.1) is 17.0 Å². The van der Waals surface area contributed by atoms with Crippen LogP contribution in [-0.2, 0) is 6.42 Å². The number of nitrogens with zero attached hydrogens (tertiary/aromatic N) is 4. The van der Waals surface area contributed by atoms with E-state index in [9.17, 15) is 8.78 Å². The zero-order chi connectivity index (χ0) is 17.3. The third-order valence-corrected chi connectivity index (χ3v) is 3.38. The predicted molar refractivity (Wildman–Crippen MR) is 86.5 cm³/mol. The molecule has 3 N–H and O–H groups in total. The molecule has 1 aromatic carbocycles. The predicted octanol–water partition coefficient (Wildman–Crippen LogP) is 2.48. The Bertz CT molecular complexity index is 962. The SMILES string of the molecule is N=C(N=C(N)Cl)c1cn2ccnc2c(Cc2cccc(F)c2F)n1. The molecule has 0 fully saturated rings. The van der Waals surface area contributed by atoms with Crippen LogP contribution in [0.2, 0.25) is 0 Å². The first kappa shape index (κ1) is 16.0. The van der Waals surface area contributed by atoms with Gasteiger partial charge in [0, 0.05) is 25.0 Å². The zero-order valence-corrected chi connectivity index (χ0v) is 12.9. The van der Waals surface area contributed by atoms with Gasteiger partial charge in [-0.15, -0.1) is 0 Å². The maximum atomic E-state index is 13.9. The van der Waals surface area contributed by atoms with Gasteiger partial charge in [0.15, 0.2) is 28.4 Å². The molecule has 3 aromatic rings. The Kier molecular flexibility index (Phi) is 4.22. The van der Waals surface area contributed by atoms with Gasteiger partial charge in [-0.1, -0.05) is 12.1 Å². The standard InChI is InChI=1S/C15H11ClF2N6/c16-15(20)23-13(19)11-7-24-5-4-21-14(24)10(22-11)6-8-2-1-3-9(17)12(8)18/h1-5,7H,6H2,(H3,19,20,23). The summed E-state index contributed by atoms with van der Waals surface area (Å²) in [5, 5.41) is 7.56. The van der Waals surface area contributed by atoms with Gasteiger partial charge in [0.1, 0.15) is 5.69 Å². The maximum absolute atomic E-state index is 13.9. The molecule has 0 atom stereocenters. The van der Waals surface area contributed by atoms with Crippen LogP contribution in [0.15, 0.2) is 41.8 Å². The fourth-order valence-electron chi connectivity index (χ4n) is 2.26. The summed E-state index contributed by atoms with van der Waals surface area (Å²) in [5.74, 6) is -2.12. The van der Waals surface area contributed by atoms with Crippen molar-refractivity contribution in [3.05, 3.63) is 65.4 Å². The Labute approximate surface area is 140 Å². The molecule has 3 rings (SSSR count). The molecule has 0 amide bonds. The summed E-state index contributed by atoms with van der Waals surface area (Å²) in [6, 6.07) is 3.93. The first-order valence-electron chi connectivity index (χ1n) is 6.79. The van der Waals surface area contributed by atoms with Gasteiger partial charge in [-0.25, -0.2) is 18.7 Å². The second-order valence-electron chi connectivity index (χ2n) is 4.90. The van der Waals surface area contributed by atoms with Gasteiger partial charge in [0.2, 0.25) is 0 Å². The van der Waals surface area contributed by atoms with Crippen molar-refractivity contribution in [2.24, 2.45) is 10.7 Å². The van der Waals surface area contributed by atoms with Crippen LogP contribution in [0.25, 0.3) is 5.65 Å². The van der Waals surface area contributed by atoms with Gasteiger partial charge in [-0.3, -0.25) is 5.41 Å². The van der Waals surface area contributed by atoms with Gasteiger partial charge in [0.05, 0.1) is 5.69 Å². The largest absolute Gasteiger partial charge is 0.374 e. The van der Waals surface area contributed by atoms with Crippen molar-refractivity contribution >= 4 is 28.4 Å². The minimum atomic E-state index is -0.937. The lowest BCUT2D eigenvalue weighted by Crippen LogP contribution is -2.11. The number of fused-ring (bicyclic) bond motifs is 1. The highest BCUT2D eigenvalue weighted by Gasteiger charge is 2.15. The van der Waals surface area contributed by atoms with Gasteiger partial charge in [-0.05, 0) is 23.2 Å². The van der Waals surface area contributed by atoms with E-state index in [2.05, 4.69) is 15.0 Å². The Morgan fingerprint density at radius 1 is 1.38 bits per heavy atom. The fourth-order valence-corrected chi connectivity index (χ4v) is 2.34. The topological polar surface area (TPSA) is 92.4 Å². The zero-order valence-electron chi connectivity index (χ0n) is 12.2. The normalized spacial score (nSPS) is 11.9. The van der Waals surface area contributed by atoms with Crippen LogP contribution in [0.5, 0.6) is 0 Å². The van der Waals surface area contributed by atoms with E-state index in [1.54, 1.807) is 10.6 Å². The lowest BCUT2D eigenvalue weighted by Gasteiger charge is -2.08. The van der Waals surface area contributed by atoms with Crippen molar-refractivity contribution in [3.63, 3.8) is 0 Å². The second kappa shape index (κ2) is 6.32. The number of hydrogen-bond acceptors (Lipinski definition) is 3.